The predicted molar refractivity (Wildman–Crippen MR) is 70.8 cm³/mol. The Morgan fingerprint density at radius 3 is 2.64 bits per heavy atom. The minimum absolute atomic E-state index is 0.134. The molecular weight excluding hydrogens is 297 g/mol. The lowest BCUT2D eigenvalue weighted by Gasteiger charge is -2.09. The highest BCUT2D eigenvalue weighted by Gasteiger charge is 2.34. The van der Waals surface area contributed by atoms with Gasteiger partial charge in [-0.15, -0.1) is 10.2 Å². The molecule has 0 amide bonds. The van der Waals surface area contributed by atoms with Crippen LogP contribution in [0.2, 0.25) is 0 Å². The molecule has 0 unspecified atom stereocenters. The largest absolute Gasteiger partial charge is 0.419 e. The molecule has 22 heavy (non-hydrogen) atoms. The molecule has 0 bridgehead atoms. The van der Waals surface area contributed by atoms with Crippen molar-refractivity contribution in [2.24, 2.45) is 0 Å². The van der Waals surface area contributed by atoms with Crippen LogP contribution in [0, 0.1) is 6.92 Å². The molecule has 0 atom stereocenters. The van der Waals surface area contributed by atoms with E-state index >= 15 is 0 Å². The fourth-order valence-corrected chi connectivity index (χ4v) is 2.04. The predicted octanol–water partition coefficient (Wildman–Crippen LogP) is 3.31. The molecule has 1 aromatic carbocycles. The molecule has 2 aromatic heterocycles. The molecule has 0 radical (unpaired) electrons. The SMILES string of the molecule is Cc1cnn(Cc2nnc(-c3ccccc3C(F)(F)F)o2)c1. The van der Waals surface area contributed by atoms with Gasteiger partial charge in [0.1, 0.15) is 6.54 Å². The van der Waals surface area contributed by atoms with Crippen LogP contribution in [0.4, 0.5) is 13.2 Å². The van der Waals surface area contributed by atoms with Crippen molar-refractivity contribution < 1.29 is 17.6 Å². The van der Waals surface area contributed by atoms with Gasteiger partial charge in [0.15, 0.2) is 0 Å². The van der Waals surface area contributed by atoms with Crippen molar-refractivity contribution in [1.82, 2.24) is 20.0 Å². The van der Waals surface area contributed by atoms with Gasteiger partial charge < -0.3 is 4.42 Å². The van der Waals surface area contributed by atoms with Gasteiger partial charge in [0.2, 0.25) is 11.8 Å². The average molecular weight is 308 g/mol. The number of halogens is 3. The molecule has 0 aliphatic heterocycles. The smallest absolute Gasteiger partial charge is 0.417 e. The Hall–Kier alpha value is -2.64. The van der Waals surface area contributed by atoms with Crippen molar-refractivity contribution in [1.29, 1.82) is 0 Å². The maximum Gasteiger partial charge on any atom is 0.417 e. The second-order valence-electron chi connectivity index (χ2n) is 4.76. The van der Waals surface area contributed by atoms with Crippen LogP contribution in [0.15, 0.2) is 41.1 Å². The molecule has 5 nitrogen and oxygen atoms in total. The fourth-order valence-electron chi connectivity index (χ4n) is 2.04. The van der Waals surface area contributed by atoms with Gasteiger partial charge in [-0.25, -0.2) is 0 Å². The van der Waals surface area contributed by atoms with Gasteiger partial charge in [0, 0.05) is 6.20 Å². The van der Waals surface area contributed by atoms with Crippen LogP contribution in [-0.4, -0.2) is 20.0 Å². The van der Waals surface area contributed by atoms with Crippen LogP contribution in [-0.2, 0) is 12.7 Å². The maximum atomic E-state index is 13.0. The minimum Gasteiger partial charge on any atom is -0.419 e. The zero-order chi connectivity index (χ0) is 15.7. The summed E-state index contributed by atoms with van der Waals surface area (Å²) in [7, 11) is 0. The summed E-state index contributed by atoms with van der Waals surface area (Å²) in [5.74, 6) is 0.0295. The van der Waals surface area contributed by atoms with Crippen molar-refractivity contribution in [3.63, 3.8) is 0 Å². The molecule has 3 rings (SSSR count). The van der Waals surface area contributed by atoms with Crippen LogP contribution >= 0.6 is 0 Å². The zero-order valence-corrected chi connectivity index (χ0v) is 11.5. The van der Waals surface area contributed by atoms with E-state index in [4.69, 9.17) is 4.42 Å². The molecular formula is C14H11F3N4O. The van der Waals surface area contributed by atoms with Gasteiger partial charge in [-0.2, -0.15) is 18.3 Å². The van der Waals surface area contributed by atoms with E-state index in [-0.39, 0.29) is 23.9 Å². The summed E-state index contributed by atoms with van der Waals surface area (Å²) in [6, 6.07) is 5.09. The number of rotatable bonds is 3. The highest BCUT2D eigenvalue weighted by atomic mass is 19.4. The fraction of sp³-hybridized carbons (Fsp3) is 0.214. The van der Waals surface area contributed by atoms with E-state index in [2.05, 4.69) is 15.3 Å². The summed E-state index contributed by atoms with van der Waals surface area (Å²) in [5, 5.41) is 11.5. The Morgan fingerprint density at radius 1 is 1.18 bits per heavy atom. The second kappa shape index (κ2) is 5.28. The first kappa shape index (κ1) is 14.3. The first-order valence-corrected chi connectivity index (χ1v) is 6.41. The highest BCUT2D eigenvalue weighted by Crippen LogP contribution is 2.36. The van der Waals surface area contributed by atoms with Crippen molar-refractivity contribution in [2.75, 3.05) is 0 Å². The Morgan fingerprint density at radius 2 is 1.95 bits per heavy atom. The van der Waals surface area contributed by atoms with Gasteiger partial charge in [-0.05, 0) is 24.6 Å². The van der Waals surface area contributed by atoms with E-state index in [1.54, 1.807) is 17.1 Å². The van der Waals surface area contributed by atoms with E-state index in [9.17, 15) is 13.2 Å². The monoisotopic (exact) mass is 308 g/mol. The van der Waals surface area contributed by atoms with Crippen molar-refractivity contribution in [2.45, 2.75) is 19.6 Å². The number of hydrogen-bond donors (Lipinski definition) is 0. The van der Waals surface area contributed by atoms with Gasteiger partial charge in [-0.3, -0.25) is 4.68 Å². The normalized spacial score (nSPS) is 11.8. The third-order valence-corrected chi connectivity index (χ3v) is 2.99. The number of nitrogens with zero attached hydrogens (tertiary/aromatic N) is 4. The summed E-state index contributed by atoms with van der Waals surface area (Å²) >= 11 is 0. The third-order valence-electron chi connectivity index (χ3n) is 2.99. The number of hydrogen-bond acceptors (Lipinski definition) is 4. The number of alkyl halides is 3. The molecule has 0 spiro atoms. The zero-order valence-electron chi connectivity index (χ0n) is 11.5. The third kappa shape index (κ3) is 2.85. The Bertz CT molecular complexity index is 791. The molecule has 0 N–H and O–H groups in total. The summed E-state index contributed by atoms with van der Waals surface area (Å²) in [6.07, 6.45) is -1.05. The average Bonchev–Trinajstić information content (AvgIpc) is 3.08. The summed E-state index contributed by atoms with van der Waals surface area (Å²) < 4.78 is 45.9. The van der Waals surface area contributed by atoms with Crippen LogP contribution < -0.4 is 0 Å². The minimum atomic E-state index is -4.48. The molecule has 3 aromatic rings. The van der Waals surface area contributed by atoms with Gasteiger partial charge in [0.25, 0.3) is 0 Å². The van der Waals surface area contributed by atoms with E-state index in [1.807, 2.05) is 6.92 Å². The van der Waals surface area contributed by atoms with Gasteiger partial charge in [-0.1, -0.05) is 12.1 Å². The molecule has 0 saturated heterocycles. The molecule has 8 heteroatoms. The number of benzene rings is 1. The summed E-state index contributed by atoms with van der Waals surface area (Å²) in [4.78, 5) is 0. The van der Waals surface area contributed by atoms with Crippen molar-refractivity contribution in [3.8, 4) is 11.5 Å². The Balaban J connectivity index is 1.91. The molecule has 0 aliphatic carbocycles. The lowest BCUT2D eigenvalue weighted by Crippen LogP contribution is -2.06. The first-order chi connectivity index (χ1) is 10.4. The highest BCUT2D eigenvalue weighted by molar-refractivity contribution is 5.59. The topological polar surface area (TPSA) is 56.7 Å². The molecule has 0 fully saturated rings. The van der Waals surface area contributed by atoms with E-state index in [0.717, 1.165) is 11.6 Å². The summed E-state index contributed by atoms with van der Waals surface area (Å²) in [5.41, 5.74) is 0.0210. The molecule has 114 valence electrons. The van der Waals surface area contributed by atoms with E-state index in [1.165, 1.54) is 18.2 Å². The second-order valence-corrected chi connectivity index (χ2v) is 4.76. The maximum absolute atomic E-state index is 13.0. The molecule has 0 saturated carbocycles. The van der Waals surface area contributed by atoms with Gasteiger partial charge in [0.05, 0.1) is 17.3 Å². The van der Waals surface area contributed by atoms with Crippen molar-refractivity contribution in [3.05, 3.63) is 53.7 Å². The Kier molecular flexibility index (Phi) is 3.44. The van der Waals surface area contributed by atoms with E-state index in [0.29, 0.717) is 0 Å². The van der Waals surface area contributed by atoms with E-state index < -0.39 is 11.7 Å². The van der Waals surface area contributed by atoms with Crippen LogP contribution in [0.25, 0.3) is 11.5 Å². The molecule has 2 heterocycles. The van der Waals surface area contributed by atoms with Crippen LogP contribution in [0.3, 0.4) is 0 Å². The van der Waals surface area contributed by atoms with Crippen LogP contribution in [0.1, 0.15) is 17.0 Å². The number of aryl methyl sites for hydroxylation is 1. The quantitative estimate of drug-likeness (QED) is 0.745. The van der Waals surface area contributed by atoms with Crippen LogP contribution in [0.5, 0.6) is 0 Å². The van der Waals surface area contributed by atoms with Gasteiger partial charge >= 0.3 is 6.18 Å². The first-order valence-electron chi connectivity index (χ1n) is 6.41. The summed E-state index contributed by atoms with van der Waals surface area (Å²) in [6.45, 7) is 2.08. The lowest BCUT2D eigenvalue weighted by molar-refractivity contribution is -0.137. The molecule has 0 aliphatic rings. The van der Waals surface area contributed by atoms with Crippen molar-refractivity contribution >= 4 is 0 Å². The standard InChI is InChI=1S/C14H11F3N4O/c1-9-6-18-21(7-9)8-12-19-20-13(22-12)10-4-2-3-5-11(10)14(15,16)17/h2-7H,8H2,1H3. The Labute approximate surface area is 123 Å². The number of aromatic nitrogens is 4. The lowest BCUT2D eigenvalue weighted by atomic mass is 10.1.